The first-order chi connectivity index (χ1) is 20.8. The first kappa shape index (κ1) is 30.3. The number of nitrogens with zero attached hydrogens (tertiary/aromatic N) is 2. The van der Waals surface area contributed by atoms with Gasteiger partial charge in [-0.05, 0) is 83.7 Å². The molecule has 0 fully saturated rings. The van der Waals surface area contributed by atoms with Gasteiger partial charge < -0.3 is 18.9 Å². The van der Waals surface area contributed by atoms with Gasteiger partial charge in [-0.2, -0.15) is 0 Å². The number of fused-ring (bicyclic) bond motifs is 1. The zero-order valence-electron chi connectivity index (χ0n) is 24.3. The summed E-state index contributed by atoms with van der Waals surface area (Å²) in [5.41, 5.74) is 3.09. The summed E-state index contributed by atoms with van der Waals surface area (Å²) in [5.74, 6) is 1.30. The van der Waals surface area contributed by atoms with Gasteiger partial charge in [0.05, 0.1) is 46.6 Å². The smallest absolute Gasteiger partial charge is 0.338 e. The average molecular weight is 664 g/mol. The highest BCUT2D eigenvalue weighted by Crippen LogP contribution is 2.38. The molecule has 10 heteroatoms. The normalized spacial score (nSPS) is 14.6. The molecule has 1 aliphatic heterocycles. The van der Waals surface area contributed by atoms with Gasteiger partial charge in [-0.25, -0.2) is 9.79 Å². The maximum Gasteiger partial charge on any atom is 0.338 e. The molecular weight excluding hydrogens is 632 g/mol. The molecule has 0 amide bonds. The highest BCUT2D eigenvalue weighted by atomic mass is 79.9. The number of carbonyl (C=O) groups excluding carboxylic acids is 1. The van der Waals surface area contributed by atoms with Gasteiger partial charge in [0.15, 0.2) is 16.3 Å². The Balaban J connectivity index is 1.59. The van der Waals surface area contributed by atoms with Crippen LogP contribution in [0.4, 0.5) is 0 Å². The van der Waals surface area contributed by atoms with Gasteiger partial charge in [0.2, 0.25) is 0 Å². The summed E-state index contributed by atoms with van der Waals surface area (Å²) in [6.45, 7) is 6.44. The molecule has 1 unspecified atom stereocenters. The molecule has 0 saturated heterocycles. The van der Waals surface area contributed by atoms with Gasteiger partial charge in [0.25, 0.3) is 5.56 Å². The number of aromatic nitrogens is 1. The van der Waals surface area contributed by atoms with Crippen molar-refractivity contribution in [1.82, 2.24) is 4.57 Å². The van der Waals surface area contributed by atoms with E-state index >= 15 is 0 Å². The third kappa shape index (κ3) is 6.45. The van der Waals surface area contributed by atoms with Crippen molar-refractivity contribution in [2.45, 2.75) is 33.4 Å². The predicted octanol–water partition coefficient (Wildman–Crippen LogP) is 5.55. The standard InChI is InChI=1S/C33H31BrN2O6S/c1-5-40-26-17-22(16-25(34)30(26)42-19-21-10-8-7-9-11-21)18-27-31(37)36-29(23-12-14-24(39-4)15-13-23)28(32(38)41-6-2)20(3)35-33(36)43-27/h7-18,29H,5-6,19H2,1-4H3. The van der Waals surface area contributed by atoms with E-state index in [1.807, 2.05) is 61.5 Å². The van der Waals surface area contributed by atoms with Crippen molar-refractivity contribution in [2.75, 3.05) is 20.3 Å². The fraction of sp³-hybridized carbons (Fsp3) is 0.242. The van der Waals surface area contributed by atoms with E-state index in [0.717, 1.165) is 16.7 Å². The summed E-state index contributed by atoms with van der Waals surface area (Å²) in [4.78, 5) is 32.3. The molecule has 0 N–H and O–H groups in total. The fourth-order valence-electron chi connectivity index (χ4n) is 4.85. The maximum absolute atomic E-state index is 14.0. The molecule has 0 spiro atoms. The van der Waals surface area contributed by atoms with Crippen molar-refractivity contribution in [3.8, 4) is 17.2 Å². The van der Waals surface area contributed by atoms with Crippen molar-refractivity contribution >= 4 is 39.3 Å². The second-order valence-corrected chi connectivity index (χ2v) is 11.5. The van der Waals surface area contributed by atoms with Crippen LogP contribution in [0.2, 0.25) is 0 Å². The zero-order chi connectivity index (χ0) is 30.5. The summed E-state index contributed by atoms with van der Waals surface area (Å²) < 4.78 is 25.5. The maximum atomic E-state index is 14.0. The Hall–Kier alpha value is -4.15. The minimum absolute atomic E-state index is 0.206. The lowest BCUT2D eigenvalue weighted by Gasteiger charge is -2.24. The Morgan fingerprint density at radius 1 is 1.05 bits per heavy atom. The van der Waals surface area contributed by atoms with Crippen LogP contribution < -0.4 is 29.1 Å². The molecule has 1 aromatic heterocycles. The molecule has 1 aliphatic rings. The van der Waals surface area contributed by atoms with E-state index < -0.39 is 12.0 Å². The number of esters is 1. The summed E-state index contributed by atoms with van der Waals surface area (Å²) in [5, 5.41) is 0. The number of hydrogen-bond donors (Lipinski definition) is 0. The van der Waals surface area contributed by atoms with Crippen LogP contribution in [-0.2, 0) is 16.1 Å². The SMILES string of the molecule is CCOC(=O)C1=C(C)N=c2sc(=Cc3cc(Br)c(OCc4ccccc4)c(OCC)c3)c(=O)n2C1c1ccc(OC)cc1. The number of carbonyl (C=O) groups is 1. The Bertz CT molecular complexity index is 1850. The van der Waals surface area contributed by atoms with Crippen LogP contribution in [0.25, 0.3) is 6.08 Å². The lowest BCUT2D eigenvalue weighted by atomic mass is 9.96. The van der Waals surface area contributed by atoms with Crippen LogP contribution in [0, 0.1) is 0 Å². The second kappa shape index (κ2) is 13.4. The number of hydrogen-bond acceptors (Lipinski definition) is 8. The van der Waals surface area contributed by atoms with E-state index in [4.69, 9.17) is 18.9 Å². The molecule has 0 saturated carbocycles. The molecule has 1 atom stereocenters. The summed E-state index contributed by atoms with van der Waals surface area (Å²) in [6.07, 6.45) is 1.80. The Labute approximate surface area is 261 Å². The first-order valence-corrected chi connectivity index (χ1v) is 15.4. The minimum atomic E-state index is -0.706. The quantitative estimate of drug-likeness (QED) is 0.207. The zero-order valence-corrected chi connectivity index (χ0v) is 26.7. The van der Waals surface area contributed by atoms with Crippen molar-refractivity contribution in [1.29, 1.82) is 0 Å². The largest absolute Gasteiger partial charge is 0.497 e. The summed E-state index contributed by atoms with van der Waals surface area (Å²) >= 11 is 4.90. The van der Waals surface area contributed by atoms with E-state index in [1.165, 1.54) is 11.3 Å². The van der Waals surface area contributed by atoms with E-state index in [2.05, 4.69) is 20.9 Å². The molecule has 3 aromatic carbocycles. The monoisotopic (exact) mass is 662 g/mol. The lowest BCUT2D eigenvalue weighted by Crippen LogP contribution is -2.39. The number of ether oxygens (including phenoxy) is 4. The highest BCUT2D eigenvalue weighted by molar-refractivity contribution is 9.10. The molecule has 5 rings (SSSR count). The molecule has 0 bridgehead atoms. The van der Waals surface area contributed by atoms with Gasteiger partial charge in [0.1, 0.15) is 12.4 Å². The second-order valence-electron chi connectivity index (χ2n) is 9.61. The van der Waals surface area contributed by atoms with E-state index in [-0.39, 0.29) is 12.2 Å². The molecule has 222 valence electrons. The van der Waals surface area contributed by atoms with Crippen LogP contribution in [0.5, 0.6) is 17.2 Å². The molecule has 8 nitrogen and oxygen atoms in total. The van der Waals surface area contributed by atoms with Gasteiger partial charge in [-0.3, -0.25) is 9.36 Å². The predicted molar refractivity (Wildman–Crippen MR) is 169 cm³/mol. The number of benzene rings is 3. The number of allylic oxidation sites excluding steroid dienone is 1. The molecule has 4 aromatic rings. The number of rotatable bonds is 10. The first-order valence-electron chi connectivity index (χ1n) is 13.8. The fourth-order valence-corrected chi connectivity index (χ4v) is 6.47. The van der Waals surface area contributed by atoms with Gasteiger partial charge in [0, 0.05) is 0 Å². The van der Waals surface area contributed by atoms with Gasteiger partial charge in [-0.15, -0.1) is 0 Å². The van der Waals surface area contributed by atoms with Gasteiger partial charge >= 0.3 is 5.97 Å². The Kier molecular flexibility index (Phi) is 9.47. The number of thiazole rings is 1. The minimum Gasteiger partial charge on any atom is -0.497 e. The van der Waals surface area contributed by atoms with Crippen molar-refractivity contribution in [2.24, 2.45) is 4.99 Å². The molecular formula is C33H31BrN2O6S. The summed E-state index contributed by atoms with van der Waals surface area (Å²) in [7, 11) is 1.59. The van der Waals surface area contributed by atoms with Crippen LogP contribution >= 0.6 is 27.3 Å². The highest BCUT2D eigenvalue weighted by Gasteiger charge is 2.33. The Morgan fingerprint density at radius 3 is 2.47 bits per heavy atom. The van der Waals surface area contributed by atoms with E-state index in [1.54, 1.807) is 43.7 Å². The van der Waals surface area contributed by atoms with Gasteiger partial charge in [-0.1, -0.05) is 53.8 Å². The Morgan fingerprint density at radius 2 is 1.79 bits per heavy atom. The van der Waals surface area contributed by atoms with Crippen LogP contribution in [0.15, 0.2) is 92.3 Å². The van der Waals surface area contributed by atoms with Crippen molar-refractivity contribution < 1.29 is 23.7 Å². The molecule has 43 heavy (non-hydrogen) atoms. The average Bonchev–Trinajstić information content (AvgIpc) is 3.30. The van der Waals surface area contributed by atoms with Crippen LogP contribution in [0.1, 0.15) is 43.5 Å². The summed E-state index contributed by atoms with van der Waals surface area (Å²) in [6, 6.07) is 20.2. The molecule has 2 heterocycles. The third-order valence-corrected chi connectivity index (χ3v) is 8.38. The topological polar surface area (TPSA) is 88.4 Å². The lowest BCUT2D eigenvalue weighted by molar-refractivity contribution is -0.139. The van der Waals surface area contributed by atoms with E-state index in [9.17, 15) is 9.59 Å². The third-order valence-electron chi connectivity index (χ3n) is 6.80. The molecule has 0 aliphatic carbocycles. The van der Waals surface area contributed by atoms with Crippen molar-refractivity contribution in [3.63, 3.8) is 0 Å². The molecule has 0 radical (unpaired) electrons. The van der Waals surface area contributed by atoms with Crippen molar-refractivity contribution in [3.05, 3.63) is 119 Å². The van der Waals surface area contributed by atoms with Crippen LogP contribution in [-0.4, -0.2) is 30.9 Å². The van der Waals surface area contributed by atoms with Crippen LogP contribution in [0.3, 0.4) is 0 Å². The number of methoxy groups -OCH3 is 1. The number of halogens is 1. The van der Waals surface area contributed by atoms with E-state index in [0.29, 0.717) is 55.5 Å².